The van der Waals surface area contributed by atoms with E-state index >= 15 is 0 Å². The first kappa shape index (κ1) is 16.6. The molecular formula is C13H28N4OS. The van der Waals surface area contributed by atoms with Gasteiger partial charge in [0.2, 0.25) is 5.96 Å². The van der Waals surface area contributed by atoms with Crippen molar-refractivity contribution in [3.63, 3.8) is 0 Å². The number of hydrazine groups is 1. The lowest BCUT2D eigenvalue weighted by Crippen LogP contribution is -2.47. The first-order valence-electron chi connectivity index (χ1n) is 7.18. The van der Waals surface area contributed by atoms with Gasteiger partial charge in [0.05, 0.1) is 0 Å². The molecule has 0 saturated heterocycles. The second kappa shape index (κ2) is 10.3. The molecule has 1 aliphatic rings. The minimum atomic E-state index is 0.505. The third-order valence-electron chi connectivity index (χ3n) is 3.41. The van der Waals surface area contributed by atoms with Crippen LogP contribution in [0.2, 0.25) is 0 Å². The molecule has 0 radical (unpaired) electrons. The maximum atomic E-state index is 5.51. The molecule has 4 N–H and O–H groups in total. The van der Waals surface area contributed by atoms with E-state index in [0.717, 1.165) is 31.4 Å². The van der Waals surface area contributed by atoms with Crippen LogP contribution in [0.4, 0.5) is 0 Å². The molecule has 1 saturated carbocycles. The molecule has 5 nitrogen and oxygen atoms in total. The number of aliphatic imine (C=N–C) groups is 1. The molecule has 0 aromatic rings. The molecule has 1 fully saturated rings. The van der Waals surface area contributed by atoms with Crippen LogP contribution in [0.3, 0.4) is 0 Å². The SMILES string of the molecule is CCOCCCN=C(NN)NC1CCC(SC)CC1. The first-order valence-corrected chi connectivity index (χ1v) is 8.47. The lowest BCUT2D eigenvalue weighted by Gasteiger charge is -2.28. The number of hydrogen-bond donors (Lipinski definition) is 3. The van der Waals surface area contributed by atoms with Crippen LogP contribution in [0.15, 0.2) is 4.99 Å². The molecule has 0 amide bonds. The van der Waals surface area contributed by atoms with Crippen LogP contribution >= 0.6 is 11.8 Å². The van der Waals surface area contributed by atoms with Gasteiger partial charge in [-0.25, -0.2) is 5.84 Å². The number of rotatable bonds is 7. The highest BCUT2D eigenvalue weighted by Gasteiger charge is 2.20. The topological polar surface area (TPSA) is 71.7 Å². The Bertz CT molecular complexity index is 255. The summed E-state index contributed by atoms with van der Waals surface area (Å²) < 4.78 is 5.28. The van der Waals surface area contributed by atoms with E-state index in [4.69, 9.17) is 10.6 Å². The first-order chi connectivity index (χ1) is 9.30. The van der Waals surface area contributed by atoms with Crippen molar-refractivity contribution in [3.8, 4) is 0 Å². The van der Waals surface area contributed by atoms with E-state index in [1.54, 1.807) is 0 Å². The van der Waals surface area contributed by atoms with Gasteiger partial charge in [-0.05, 0) is 45.3 Å². The third kappa shape index (κ3) is 7.03. The lowest BCUT2D eigenvalue weighted by molar-refractivity contribution is 0.146. The van der Waals surface area contributed by atoms with E-state index in [2.05, 4.69) is 22.0 Å². The van der Waals surface area contributed by atoms with Crippen LogP contribution in [-0.2, 0) is 4.74 Å². The summed E-state index contributed by atoms with van der Waals surface area (Å²) in [7, 11) is 0. The normalized spacial score (nSPS) is 24.3. The maximum absolute atomic E-state index is 5.51. The molecular weight excluding hydrogens is 260 g/mol. The molecule has 0 heterocycles. The van der Waals surface area contributed by atoms with Crippen LogP contribution in [0.5, 0.6) is 0 Å². The van der Waals surface area contributed by atoms with Gasteiger partial charge >= 0.3 is 0 Å². The summed E-state index contributed by atoms with van der Waals surface area (Å²) in [5.74, 6) is 6.22. The largest absolute Gasteiger partial charge is 0.382 e. The molecule has 19 heavy (non-hydrogen) atoms. The Kier molecular flexibility index (Phi) is 9.03. The lowest BCUT2D eigenvalue weighted by atomic mass is 9.95. The van der Waals surface area contributed by atoms with Gasteiger partial charge < -0.3 is 10.1 Å². The highest BCUT2D eigenvalue weighted by atomic mass is 32.2. The number of ether oxygens (including phenoxy) is 1. The van der Waals surface area contributed by atoms with E-state index < -0.39 is 0 Å². The van der Waals surface area contributed by atoms with Crippen LogP contribution < -0.4 is 16.6 Å². The van der Waals surface area contributed by atoms with Crippen LogP contribution in [0.1, 0.15) is 39.0 Å². The van der Waals surface area contributed by atoms with Gasteiger partial charge in [0.1, 0.15) is 0 Å². The highest BCUT2D eigenvalue weighted by Crippen LogP contribution is 2.26. The van der Waals surface area contributed by atoms with Crippen molar-refractivity contribution < 1.29 is 4.74 Å². The molecule has 0 spiro atoms. The molecule has 1 rings (SSSR count). The molecule has 1 aliphatic carbocycles. The summed E-state index contributed by atoms with van der Waals surface area (Å²) in [6, 6.07) is 0.505. The molecule has 0 aromatic carbocycles. The number of nitrogens with zero attached hydrogens (tertiary/aromatic N) is 1. The fourth-order valence-corrected chi connectivity index (χ4v) is 3.01. The number of hydrogen-bond acceptors (Lipinski definition) is 4. The van der Waals surface area contributed by atoms with Gasteiger partial charge in [0.25, 0.3) is 0 Å². The third-order valence-corrected chi connectivity index (χ3v) is 4.54. The monoisotopic (exact) mass is 288 g/mol. The van der Waals surface area contributed by atoms with Crippen molar-refractivity contribution in [3.05, 3.63) is 0 Å². The summed E-state index contributed by atoms with van der Waals surface area (Å²) >= 11 is 1.98. The number of thioether (sulfide) groups is 1. The fraction of sp³-hybridized carbons (Fsp3) is 0.923. The summed E-state index contributed by atoms with van der Waals surface area (Å²) in [6.45, 7) is 4.27. The zero-order valence-electron chi connectivity index (χ0n) is 12.2. The Morgan fingerprint density at radius 1 is 1.37 bits per heavy atom. The molecule has 0 unspecified atom stereocenters. The Morgan fingerprint density at radius 2 is 2.11 bits per heavy atom. The molecule has 0 aliphatic heterocycles. The van der Waals surface area contributed by atoms with E-state index in [0.29, 0.717) is 12.0 Å². The van der Waals surface area contributed by atoms with E-state index in [1.165, 1.54) is 25.7 Å². The summed E-state index contributed by atoms with van der Waals surface area (Å²) in [6.07, 6.45) is 8.09. The van der Waals surface area contributed by atoms with Gasteiger partial charge in [-0.3, -0.25) is 10.4 Å². The van der Waals surface area contributed by atoms with Crippen molar-refractivity contribution in [1.29, 1.82) is 0 Å². The van der Waals surface area contributed by atoms with Crippen LogP contribution in [0.25, 0.3) is 0 Å². The standard InChI is InChI=1S/C13H28N4OS/c1-3-18-10-4-9-15-13(17-14)16-11-5-7-12(19-2)8-6-11/h11-12H,3-10,14H2,1-2H3,(H2,15,16,17). The second-order valence-corrected chi connectivity index (χ2v) is 5.92. The molecule has 112 valence electrons. The van der Waals surface area contributed by atoms with Crippen molar-refractivity contribution in [2.75, 3.05) is 26.0 Å². The Hall–Kier alpha value is -0.460. The zero-order valence-corrected chi connectivity index (χ0v) is 13.0. The zero-order chi connectivity index (χ0) is 13.9. The second-order valence-electron chi connectivity index (χ2n) is 4.78. The molecule has 0 aromatic heterocycles. The predicted molar refractivity (Wildman–Crippen MR) is 83.4 cm³/mol. The van der Waals surface area contributed by atoms with Crippen molar-refractivity contribution in [2.24, 2.45) is 10.8 Å². The maximum Gasteiger partial charge on any atom is 0.205 e. The molecule has 6 heteroatoms. The van der Waals surface area contributed by atoms with Crippen LogP contribution in [-0.4, -0.2) is 43.3 Å². The summed E-state index contributed by atoms with van der Waals surface area (Å²) in [5.41, 5.74) is 2.66. The Morgan fingerprint density at radius 3 is 2.68 bits per heavy atom. The summed E-state index contributed by atoms with van der Waals surface area (Å²) in [5, 5.41) is 4.23. The van der Waals surface area contributed by atoms with Gasteiger partial charge in [-0.15, -0.1) is 0 Å². The van der Waals surface area contributed by atoms with Crippen molar-refractivity contribution >= 4 is 17.7 Å². The number of nitrogens with one attached hydrogen (secondary N) is 2. The van der Waals surface area contributed by atoms with E-state index in [9.17, 15) is 0 Å². The summed E-state index contributed by atoms with van der Waals surface area (Å²) in [4.78, 5) is 4.43. The van der Waals surface area contributed by atoms with Crippen molar-refractivity contribution in [2.45, 2.75) is 50.3 Å². The van der Waals surface area contributed by atoms with Crippen LogP contribution in [0, 0.1) is 0 Å². The highest BCUT2D eigenvalue weighted by molar-refractivity contribution is 7.99. The van der Waals surface area contributed by atoms with Gasteiger partial charge in [-0.2, -0.15) is 11.8 Å². The predicted octanol–water partition coefficient (Wildman–Crippen LogP) is 1.50. The molecule has 0 atom stereocenters. The molecule has 0 bridgehead atoms. The Labute approximate surface area is 121 Å². The Balaban J connectivity index is 2.22. The fourth-order valence-electron chi connectivity index (χ4n) is 2.27. The van der Waals surface area contributed by atoms with Gasteiger partial charge in [0.15, 0.2) is 0 Å². The average Bonchev–Trinajstić information content (AvgIpc) is 2.46. The smallest absolute Gasteiger partial charge is 0.205 e. The average molecular weight is 288 g/mol. The minimum Gasteiger partial charge on any atom is -0.382 e. The van der Waals surface area contributed by atoms with E-state index in [-0.39, 0.29) is 0 Å². The van der Waals surface area contributed by atoms with E-state index in [1.807, 2.05) is 18.7 Å². The van der Waals surface area contributed by atoms with Gasteiger partial charge in [-0.1, -0.05) is 0 Å². The van der Waals surface area contributed by atoms with Gasteiger partial charge in [0, 0.05) is 31.1 Å². The van der Waals surface area contributed by atoms with Crippen molar-refractivity contribution in [1.82, 2.24) is 10.7 Å². The number of guanidine groups is 1. The minimum absolute atomic E-state index is 0.505. The quantitative estimate of drug-likeness (QED) is 0.218. The number of nitrogens with two attached hydrogens (primary N) is 1.